The summed E-state index contributed by atoms with van der Waals surface area (Å²) < 4.78 is 0. The molecule has 0 spiro atoms. The Kier molecular flexibility index (Phi) is 9.29. The monoisotopic (exact) mass is 321 g/mol. The number of carbonyl (C=O) groups excluding carboxylic acids is 2. The second-order valence-electron chi connectivity index (χ2n) is 7.69. The van der Waals surface area contributed by atoms with Crippen molar-refractivity contribution in [3.8, 4) is 0 Å². The summed E-state index contributed by atoms with van der Waals surface area (Å²) in [6, 6.07) is 0. The SMILES string of the molecule is CCN(CC)C/C=C/C(=O)C(C)(C)CC/C=C/C(=O)C(C)(C)C. The molecule has 0 aromatic carbocycles. The third-order valence-corrected chi connectivity index (χ3v) is 4.14. The largest absolute Gasteiger partial charge is 0.300 e. The van der Waals surface area contributed by atoms with Gasteiger partial charge in [-0.05, 0) is 38.1 Å². The van der Waals surface area contributed by atoms with E-state index >= 15 is 0 Å². The molecule has 0 N–H and O–H groups in total. The Morgan fingerprint density at radius 2 is 1.39 bits per heavy atom. The van der Waals surface area contributed by atoms with Crippen molar-refractivity contribution in [1.29, 1.82) is 0 Å². The van der Waals surface area contributed by atoms with Crippen molar-refractivity contribution >= 4 is 11.6 Å². The van der Waals surface area contributed by atoms with E-state index in [9.17, 15) is 9.59 Å². The van der Waals surface area contributed by atoms with Crippen LogP contribution in [0.4, 0.5) is 0 Å². The minimum absolute atomic E-state index is 0.126. The Hall–Kier alpha value is -1.22. The molecule has 0 heterocycles. The average molecular weight is 322 g/mol. The minimum atomic E-state index is -0.394. The minimum Gasteiger partial charge on any atom is -0.300 e. The number of rotatable bonds is 10. The van der Waals surface area contributed by atoms with Crippen molar-refractivity contribution in [3.63, 3.8) is 0 Å². The molecule has 0 unspecified atom stereocenters. The lowest BCUT2D eigenvalue weighted by atomic mass is 9.82. The molecule has 3 heteroatoms. The zero-order valence-electron chi connectivity index (χ0n) is 16.1. The van der Waals surface area contributed by atoms with Gasteiger partial charge in [-0.25, -0.2) is 0 Å². The molecule has 23 heavy (non-hydrogen) atoms. The average Bonchev–Trinajstić information content (AvgIpc) is 2.46. The quantitative estimate of drug-likeness (QED) is 0.559. The normalized spacial score (nSPS) is 13.4. The Morgan fingerprint density at radius 1 is 0.870 bits per heavy atom. The molecule has 0 saturated heterocycles. The summed E-state index contributed by atoms with van der Waals surface area (Å²) in [5.41, 5.74) is -0.732. The smallest absolute Gasteiger partial charge is 0.161 e. The molecule has 0 aromatic rings. The van der Waals surface area contributed by atoms with E-state index in [1.807, 2.05) is 46.8 Å². The van der Waals surface area contributed by atoms with Crippen LogP contribution >= 0.6 is 0 Å². The zero-order chi connectivity index (χ0) is 18.1. The van der Waals surface area contributed by atoms with Crippen LogP contribution in [0.25, 0.3) is 0 Å². The maximum Gasteiger partial charge on any atom is 0.161 e. The fourth-order valence-corrected chi connectivity index (χ4v) is 2.02. The molecule has 0 rings (SSSR count). The molecule has 3 nitrogen and oxygen atoms in total. The Balaban J connectivity index is 4.41. The van der Waals surface area contributed by atoms with Gasteiger partial charge in [-0.3, -0.25) is 9.59 Å². The van der Waals surface area contributed by atoms with Crippen molar-refractivity contribution in [2.24, 2.45) is 10.8 Å². The first kappa shape index (κ1) is 21.8. The molecule has 0 fully saturated rings. The van der Waals surface area contributed by atoms with Gasteiger partial charge in [0.15, 0.2) is 11.6 Å². The van der Waals surface area contributed by atoms with Gasteiger partial charge in [0.05, 0.1) is 0 Å². The van der Waals surface area contributed by atoms with Crippen molar-refractivity contribution in [3.05, 3.63) is 24.3 Å². The van der Waals surface area contributed by atoms with Crippen LogP contribution < -0.4 is 0 Å². The summed E-state index contributed by atoms with van der Waals surface area (Å²) in [4.78, 5) is 26.4. The van der Waals surface area contributed by atoms with Gasteiger partial charge < -0.3 is 4.90 Å². The van der Waals surface area contributed by atoms with Gasteiger partial charge in [-0.1, -0.05) is 60.6 Å². The van der Waals surface area contributed by atoms with Gasteiger partial charge >= 0.3 is 0 Å². The van der Waals surface area contributed by atoms with Crippen LogP contribution in [0.2, 0.25) is 0 Å². The van der Waals surface area contributed by atoms with Gasteiger partial charge in [0, 0.05) is 17.4 Å². The highest BCUT2D eigenvalue weighted by Gasteiger charge is 2.24. The van der Waals surface area contributed by atoms with Crippen LogP contribution in [-0.4, -0.2) is 36.1 Å². The summed E-state index contributed by atoms with van der Waals surface area (Å²) in [6.45, 7) is 16.7. The number of ketones is 2. The number of hydrogen-bond acceptors (Lipinski definition) is 3. The number of nitrogens with zero attached hydrogens (tertiary/aromatic N) is 1. The summed E-state index contributed by atoms with van der Waals surface area (Å²) in [6.07, 6.45) is 8.69. The molecule has 0 aliphatic rings. The van der Waals surface area contributed by atoms with E-state index in [-0.39, 0.29) is 17.0 Å². The molecule has 0 saturated carbocycles. The molecule has 0 atom stereocenters. The molecule has 0 aliphatic heterocycles. The fraction of sp³-hybridized carbons (Fsp3) is 0.700. The van der Waals surface area contributed by atoms with E-state index in [0.29, 0.717) is 0 Å². The van der Waals surface area contributed by atoms with Gasteiger partial charge in [-0.2, -0.15) is 0 Å². The summed E-state index contributed by atoms with van der Waals surface area (Å²) in [7, 11) is 0. The van der Waals surface area contributed by atoms with Crippen LogP contribution in [0, 0.1) is 10.8 Å². The predicted molar refractivity (Wildman–Crippen MR) is 98.6 cm³/mol. The Labute approximate surface area is 142 Å². The Morgan fingerprint density at radius 3 is 1.87 bits per heavy atom. The molecule has 0 amide bonds. The zero-order valence-corrected chi connectivity index (χ0v) is 16.1. The van der Waals surface area contributed by atoms with Gasteiger partial charge in [0.1, 0.15) is 0 Å². The summed E-state index contributed by atoms with van der Waals surface area (Å²) in [5.74, 6) is 0.279. The molecule has 0 aliphatic carbocycles. The lowest BCUT2D eigenvalue weighted by Crippen LogP contribution is -2.24. The van der Waals surface area contributed by atoms with Gasteiger partial charge in [0.2, 0.25) is 0 Å². The molecular weight excluding hydrogens is 286 g/mol. The first-order valence-corrected chi connectivity index (χ1v) is 8.69. The van der Waals surface area contributed by atoms with Crippen LogP contribution in [0.3, 0.4) is 0 Å². The first-order valence-electron chi connectivity index (χ1n) is 8.69. The number of carbonyl (C=O) groups is 2. The van der Waals surface area contributed by atoms with Crippen LogP contribution in [0.5, 0.6) is 0 Å². The van der Waals surface area contributed by atoms with Crippen molar-refractivity contribution < 1.29 is 9.59 Å². The highest BCUT2D eigenvalue weighted by Crippen LogP contribution is 2.25. The van der Waals surface area contributed by atoms with E-state index in [0.717, 1.165) is 32.5 Å². The molecule has 0 bridgehead atoms. The van der Waals surface area contributed by atoms with Crippen molar-refractivity contribution in [2.75, 3.05) is 19.6 Å². The van der Waals surface area contributed by atoms with Gasteiger partial charge in [0.25, 0.3) is 0 Å². The van der Waals surface area contributed by atoms with Crippen LogP contribution in [0.1, 0.15) is 61.3 Å². The third kappa shape index (κ3) is 8.85. The van der Waals surface area contributed by atoms with E-state index in [1.54, 1.807) is 12.2 Å². The lowest BCUT2D eigenvalue weighted by Gasteiger charge is -2.21. The van der Waals surface area contributed by atoms with E-state index in [4.69, 9.17) is 0 Å². The Bertz CT molecular complexity index is 435. The highest BCUT2D eigenvalue weighted by atomic mass is 16.1. The van der Waals surface area contributed by atoms with E-state index < -0.39 is 5.41 Å². The lowest BCUT2D eigenvalue weighted by molar-refractivity contribution is -0.122. The summed E-state index contributed by atoms with van der Waals surface area (Å²) >= 11 is 0. The predicted octanol–water partition coefficient (Wildman–Crippen LogP) is 4.43. The maximum atomic E-state index is 12.3. The highest BCUT2D eigenvalue weighted by molar-refractivity contribution is 5.94. The number of likely N-dealkylation sites (N-methyl/N-ethyl adjacent to an activating group) is 1. The van der Waals surface area contributed by atoms with E-state index in [1.165, 1.54) is 0 Å². The molecule has 0 aromatic heterocycles. The molecule has 132 valence electrons. The second-order valence-corrected chi connectivity index (χ2v) is 7.69. The fourth-order valence-electron chi connectivity index (χ4n) is 2.02. The van der Waals surface area contributed by atoms with Crippen molar-refractivity contribution in [1.82, 2.24) is 4.90 Å². The van der Waals surface area contributed by atoms with Crippen molar-refractivity contribution in [2.45, 2.75) is 61.3 Å². The van der Waals surface area contributed by atoms with Gasteiger partial charge in [-0.15, -0.1) is 0 Å². The first-order chi connectivity index (χ1) is 10.5. The van der Waals surface area contributed by atoms with E-state index in [2.05, 4.69) is 18.7 Å². The third-order valence-electron chi connectivity index (χ3n) is 4.14. The maximum absolute atomic E-state index is 12.3. The number of hydrogen-bond donors (Lipinski definition) is 0. The molecule has 0 radical (unpaired) electrons. The summed E-state index contributed by atoms with van der Waals surface area (Å²) in [5, 5.41) is 0. The standard InChI is InChI=1S/C20H35NO2/c1-8-21(9-2)16-12-14-18(23)20(6,7)15-11-10-13-17(22)19(3,4)5/h10,12-14H,8-9,11,15-16H2,1-7H3/b13-10+,14-12+. The molecular formula is C20H35NO2. The van der Waals surface area contributed by atoms with Crippen LogP contribution in [-0.2, 0) is 9.59 Å². The van der Waals surface area contributed by atoms with Crippen LogP contribution in [0.15, 0.2) is 24.3 Å². The topological polar surface area (TPSA) is 37.4 Å². The number of allylic oxidation sites excluding steroid dienone is 3. The second kappa shape index (κ2) is 9.82.